The van der Waals surface area contributed by atoms with Gasteiger partial charge in [-0.25, -0.2) is 4.79 Å². The number of rotatable bonds is 4. The minimum absolute atomic E-state index is 0.328. The number of halogens is 3. The van der Waals surface area contributed by atoms with Crippen LogP contribution < -0.4 is 5.32 Å². The van der Waals surface area contributed by atoms with Gasteiger partial charge in [0.05, 0.1) is 0 Å². The van der Waals surface area contributed by atoms with Gasteiger partial charge in [-0.2, -0.15) is 13.2 Å². The van der Waals surface area contributed by atoms with Gasteiger partial charge < -0.3 is 10.1 Å². The van der Waals surface area contributed by atoms with Crippen molar-refractivity contribution in [1.82, 2.24) is 5.32 Å². The monoisotopic (exact) mass is 213 g/mol. The second-order valence-corrected chi connectivity index (χ2v) is 3.30. The van der Waals surface area contributed by atoms with E-state index in [2.05, 4.69) is 10.1 Å². The van der Waals surface area contributed by atoms with E-state index in [0.717, 1.165) is 0 Å². The topological polar surface area (TPSA) is 38.3 Å². The summed E-state index contributed by atoms with van der Waals surface area (Å²) in [5, 5.41) is 2.23. The van der Waals surface area contributed by atoms with E-state index in [1.165, 1.54) is 0 Å². The van der Waals surface area contributed by atoms with E-state index in [9.17, 15) is 18.0 Å². The van der Waals surface area contributed by atoms with Crippen molar-refractivity contribution in [2.24, 2.45) is 5.92 Å². The number of alkyl carbamates (subject to hydrolysis) is 1. The number of ether oxygens (including phenoxy) is 1. The van der Waals surface area contributed by atoms with Crippen LogP contribution in [0.3, 0.4) is 0 Å². The first kappa shape index (κ1) is 13.1. The number of hydrogen-bond acceptors (Lipinski definition) is 2. The number of carbonyl (C=O) groups excluding carboxylic acids is 1. The first-order valence-electron chi connectivity index (χ1n) is 4.28. The molecule has 0 saturated heterocycles. The van der Waals surface area contributed by atoms with Crippen LogP contribution >= 0.6 is 0 Å². The molecule has 0 aliphatic carbocycles. The van der Waals surface area contributed by atoms with Crippen LogP contribution in [0.4, 0.5) is 18.0 Å². The molecule has 0 bridgehead atoms. The minimum Gasteiger partial charge on any atom is -0.440 e. The Morgan fingerprint density at radius 3 is 2.43 bits per heavy atom. The first-order valence-corrected chi connectivity index (χ1v) is 4.28. The molecule has 1 N–H and O–H groups in total. The van der Waals surface area contributed by atoms with Crippen molar-refractivity contribution in [1.29, 1.82) is 0 Å². The highest BCUT2D eigenvalue weighted by molar-refractivity contribution is 5.67. The Balaban J connectivity index is 3.47. The molecule has 0 aromatic rings. The van der Waals surface area contributed by atoms with Gasteiger partial charge in [0.25, 0.3) is 0 Å². The van der Waals surface area contributed by atoms with Crippen molar-refractivity contribution < 1.29 is 22.7 Å². The third-order valence-corrected chi connectivity index (χ3v) is 1.36. The Kier molecular flexibility index (Phi) is 5.34. The Labute approximate surface area is 80.6 Å². The summed E-state index contributed by atoms with van der Waals surface area (Å²) in [4.78, 5) is 10.6. The third kappa shape index (κ3) is 9.15. The predicted octanol–water partition coefficient (Wildman–Crippen LogP) is 2.32. The molecule has 0 rings (SSSR count). The summed E-state index contributed by atoms with van der Waals surface area (Å²) in [6.07, 6.45) is -4.78. The summed E-state index contributed by atoms with van der Waals surface area (Å²) >= 11 is 0. The molecule has 0 heterocycles. The fourth-order valence-corrected chi connectivity index (χ4v) is 0.661. The van der Waals surface area contributed by atoms with E-state index in [-0.39, 0.29) is 0 Å². The van der Waals surface area contributed by atoms with E-state index >= 15 is 0 Å². The normalized spacial score (nSPS) is 11.6. The van der Waals surface area contributed by atoms with Gasteiger partial charge in [-0.15, -0.1) is 0 Å². The Bertz CT molecular complexity index is 180. The maximum absolute atomic E-state index is 11.6. The molecule has 84 valence electrons. The summed E-state index contributed by atoms with van der Waals surface area (Å²) in [5.41, 5.74) is 0. The molecular weight excluding hydrogens is 199 g/mol. The maximum atomic E-state index is 11.6. The van der Waals surface area contributed by atoms with Crippen molar-refractivity contribution in [3.05, 3.63) is 0 Å². The van der Waals surface area contributed by atoms with E-state index in [1.54, 1.807) is 0 Å². The van der Waals surface area contributed by atoms with Gasteiger partial charge in [0, 0.05) is 6.54 Å². The highest BCUT2D eigenvalue weighted by atomic mass is 19.4. The number of alkyl halides is 3. The summed E-state index contributed by atoms with van der Waals surface area (Å²) in [6, 6.07) is 0. The quantitative estimate of drug-likeness (QED) is 0.778. The molecule has 0 atom stereocenters. The molecule has 6 heteroatoms. The molecule has 0 aliphatic heterocycles. The summed E-state index contributed by atoms with van der Waals surface area (Å²) < 4.78 is 38.6. The zero-order valence-electron chi connectivity index (χ0n) is 8.15. The van der Waals surface area contributed by atoms with Crippen LogP contribution in [0.2, 0.25) is 0 Å². The SMILES string of the molecule is CC(C)CCNC(=O)OCC(F)(F)F. The molecule has 0 spiro atoms. The van der Waals surface area contributed by atoms with Crippen molar-refractivity contribution in [2.45, 2.75) is 26.4 Å². The lowest BCUT2D eigenvalue weighted by atomic mass is 10.1. The fourth-order valence-electron chi connectivity index (χ4n) is 0.661. The lowest BCUT2D eigenvalue weighted by Gasteiger charge is -2.09. The van der Waals surface area contributed by atoms with Crippen LogP contribution in [0.25, 0.3) is 0 Å². The van der Waals surface area contributed by atoms with Crippen LogP contribution in [0, 0.1) is 5.92 Å². The summed E-state index contributed by atoms with van der Waals surface area (Å²) in [6.45, 7) is 2.68. The smallest absolute Gasteiger partial charge is 0.422 e. The van der Waals surface area contributed by atoms with Crippen LogP contribution in [0.5, 0.6) is 0 Å². The largest absolute Gasteiger partial charge is 0.440 e. The minimum atomic E-state index is -4.46. The Hall–Kier alpha value is -0.940. The van der Waals surface area contributed by atoms with Gasteiger partial charge in [0.15, 0.2) is 6.61 Å². The summed E-state index contributed by atoms with van der Waals surface area (Å²) in [5.74, 6) is 0.387. The highest BCUT2D eigenvalue weighted by Crippen LogP contribution is 2.14. The van der Waals surface area contributed by atoms with Crippen LogP contribution in [-0.4, -0.2) is 25.4 Å². The predicted molar refractivity (Wildman–Crippen MR) is 44.9 cm³/mol. The molecule has 0 aliphatic rings. The van der Waals surface area contributed by atoms with Gasteiger partial charge in [-0.3, -0.25) is 0 Å². The molecule has 0 aromatic heterocycles. The first-order chi connectivity index (χ1) is 6.31. The van der Waals surface area contributed by atoms with E-state index in [4.69, 9.17) is 0 Å². The zero-order chi connectivity index (χ0) is 11.2. The van der Waals surface area contributed by atoms with Gasteiger partial charge in [0.2, 0.25) is 0 Å². The van der Waals surface area contributed by atoms with Crippen molar-refractivity contribution in [2.75, 3.05) is 13.2 Å². The fraction of sp³-hybridized carbons (Fsp3) is 0.875. The molecule has 0 unspecified atom stereocenters. The lowest BCUT2D eigenvalue weighted by Crippen LogP contribution is -2.30. The molecular formula is C8H14F3NO2. The highest BCUT2D eigenvalue weighted by Gasteiger charge is 2.29. The second kappa shape index (κ2) is 5.72. The van der Waals surface area contributed by atoms with Gasteiger partial charge in [0.1, 0.15) is 0 Å². The Morgan fingerprint density at radius 1 is 1.43 bits per heavy atom. The van der Waals surface area contributed by atoms with E-state index in [1.807, 2.05) is 13.8 Å². The van der Waals surface area contributed by atoms with Crippen molar-refractivity contribution in [3.63, 3.8) is 0 Å². The third-order valence-electron chi connectivity index (χ3n) is 1.36. The van der Waals surface area contributed by atoms with Crippen LogP contribution in [-0.2, 0) is 4.74 Å². The standard InChI is InChI=1S/C8H14F3NO2/c1-6(2)3-4-12-7(13)14-5-8(9,10)11/h6H,3-5H2,1-2H3,(H,12,13). The molecule has 0 radical (unpaired) electrons. The zero-order valence-corrected chi connectivity index (χ0v) is 8.15. The van der Waals surface area contributed by atoms with Crippen molar-refractivity contribution in [3.8, 4) is 0 Å². The number of hydrogen-bond donors (Lipinski definition) is 1. The average molecular weight is 213 g/mol. The molecule has 3 nitrogen and oxygen atoms in total. The lowest BCUT2D eigenvalue weighted by molar-refractivity contribution is -0.160. The van der Waals surface area contributed by atoms with E-state index in [0.29, 0.717) is 18.9 Å². The summed E-state index contributed by atoms with van der Waals surface area (Å²) in [7, 11) is 0. The van der Waals surface area contributed by atoms with Crippen molar-refractivity contribution >= 4 is 6.09 Å². The number of nitrogens with one attached hydrogen (secondary N) is 1. The van der Waals surface area contributed by atoms with E-state index < -0.39 is 18.9 Å². The number of carbonyl (C=O) groups is 1. The molecule has 14 heavy (non-hydrogen) atoms. The molecule has 0 fully saturated rings. The van der Waals surface area contributed by atoms with Gasteiger partial charge >= 0.3 is 12.3 Å². The van der Waals surface area contributed by atoms with Gasteiger partial charge in [-0.1, -0.05) is 13.8 Å². The average Bonchev–Trinajstić information content (AvgIpc) is 1.99. The Morgan fingerprint density at radius 2 is 2.00 bits per heavy atom. The molecule has 0 aromatic carbocycles. The number of amides is 1. The van der Waals surface area contributed by atoms with Crippen LogP contribution in [0.15, 0.2) is 0 Å². The maximum Gasteiger partial charge on any atom is 0.422 e. The molecule has 1 amide bonds. The van der Waals surface area contributed by atoms with Gasteiger partial charge in [-0.05, 0) is 12.3 Å². The second-order valence-electron chi connectivity index (χ2n) is 3.30. The molecule has 0 saturated carbocycles. The van der Waals surface area contributed by atoms with Crippen LogP contribution in [0.1, 0.15) is 20.3 Å².